The molecule has 10 heteroatoms. The summed E-state index contributed by atoms with van der Waals surface area (Å²) < 4.78 is 28.0. The zero-order chi connectivity index (χ0) is 30.6. The number of para-hydroxylation sites is 1. The van der Waals surface area contributed by atoms with Gasteiger partial charge in [0.05, 0.1) is 18.6 Å². The molecule has 43 heavy (non-hydrogen) atoms. The van der Waals surface area contributed by atoms with Crippen LogP contribution in [-0.2, 0) is 30.4 Å². The van der Waals surface area contributed by atoms with E-state index in [-0.39, 0.29) is 13.0 Å². The number of ether oxygens (including phenoxy) is 2. The molecule has 0 spiro atoms. The molecule has 0 radical (unpaired) electrons. The van der Waals surface area contributed by atoms with Gasteiger partial charge in [0.15, 0.2) is 17.1 Å². The summed E-state index contributed by atoms with van der Waals surface area (Å²) in [4.78, 5) is 27.7. The van der Waals surface area contributed by atoms with E-state index in [9.17, 15) is 29.3 Å². The van der Waals surface area contributed by atoms with Crippen LogP contribution in [0.3, 0.4) is 0 Å². The average Bonchev–Trinajstić information content (AvgIpc) is 3.67. The van der Waals surface area contributed by atoms with Crippen LogP contribution in [0.15, 0.2) is 84.9 Å². The molecule has 4 N–H and O–H groups in total. The molecule has 6 unspecified atom stereocenters. The molecule has 0 aromatic heterocycles. The summed E-state index contributed by atoms with van der Waals surface area (Å²) in [5.74, 6) is -2.75. The van der Waals surface area contributed by atoms with Crippen molar-refractivity contribution in [3.63, 3.8) is 0 Å². The highest BCUT2D eigenvalue weighted by molar-refractivity contribution is 6.03. The Morgan fingerprint density at radius 2 is 1.63 bits per heavy atom. The van der Waals surface area contributed by atoms with Gasteiger partial charge in [-0.15, -0.1) is 0 Å². The van der Waals surface area contributed by atoms with E-state index in [1.807, 2.05) is 12.1 Å². The first kappa shape index (κ1) is 29.4. The number of fused-ring (bicyclic) bond motifs is 3. The number of anilines is 1. The molecule has 0 saturated carbocycles. The highest BCUT2D eigenvalue weighted by Crippen LogP contribution is 2.79. The predicted molar refractivity (Wildman–Crippen MR) is 154 cm³/mol. The van der Waals surface area contributed by atoms with Gasteiger partial charge in [-0.25, -0.2) is 9.29 Å². The fourth-order valence-electron chi connectivity index (χ4n) is 7.33. The lowest BCUT2D eigenvalue weighted by molar-refractivity contribution is -0.326. The molecule has 9 nitrogen and oxygen atoms in total. The van der Waals surface area contributed by atoms with Crippen molar-refractivity contribution >= 4 is 17.6 Å². The molecule has 3 aromatic carbocycles. The quantitative estimate of drug-likeness (QED) is 0.276. The topological polar surface area (TPSA) is 132 Å². The first-order valence-corrected chi connectivity index (χ1v) is 14.5. The van der Waals surface area contributed by atoms with Crippen LogP contribution >= 0.6 is 0 Å². The maximum absolute atomic E-state index is 14.6. The van der Waals surface area contributed by atoms with Gasteiger partial charge in [-0.1, -0.05) is 74.5 Å². The third-order valence-electron chi connectivity index (χ3n) is 9.08. The number of nitrogens with one attached hydrogen (secondary N) is 1. The number of carbonyl (C=O) groups is 2. The van der Waals surface area contributed by atoms with Crippen LogP contribution in [0, 0.1) is 11.7 Å². The largest absolute Gasteiger partial charge is 0.481 e. The third kappa shape index (κ3) is 4.08. The lowest BCUT2D eigenvalue weighted by atomic mass is 9.73. The smallest absolute Gasteiger partial charge is 0.305 e. The maximum atomic E-state index is 14.6. The van der Waals surface area contributed by atoms with Crippen LogP contribution in [0.2, 0.25) is 0 Å². The van der Waals surface area contributed by atoms with Crippen molar-refractivity contribution in [2.75, 3.05) is 11.9 Å². The average molecular weight is 591 g/mol. The first-order valence-electron chi connectivity index (χ1n) is 14.5. The third-order valence-corrected chi connectivity index (χ3v) is 9.08. The van der Waals surface area contributed by atoms with E-state index in [0.29, 0.717) is 23.2 Å². The molecule has 3 aliphatic heterocycles. The fraction of sp³-hybridized carbons (Fsp3) is 0.394. The zero-order valence-electron chi connectivity index (χ0n) is 23.9. The summed E-state index contributed by atoms with van der Waals surface area (Å²) in [7, 11) is 0. The Hall–Kier alpha value is -3.67. The normalized spacial score (nSPS) is 32.1. The van der Waals surface area contributed by atoms with E-state index >= 15 is 0 Å². The van der Waals surface area contributed by atoms with Crippen LogP contribution in [0.25, 0.3) is 0 Å². The number of halogens is 1. The van der Waals surface area contributed by atoms with E-state index in [4.69, 9.17) is 9.47 Å². The van der Waals surface area contributed by atoms with Gasteiger partial charge in [0.2, 0.25) is 5.60 Å². The van der Waals surface area contributed by atoms with Gasteiger partial charge < -0.3 is 30.1 Å². The molecule has 0 aliphatic carbocycles. The first-order chi connectivity index (χ1) is 20.5. The van der Waals surface area contributed by atoms with Crippen LogP contribution < -0.4 is 5.32 Å². The Morgan fingerprint density at radius 1 is 1.00 bits per heavy atom. The van der Waals surface area contributed by atoms with E-state index in [2.05, 4.69) is 5.32 Å². The fourth-order valence-corrected chi connectivity index (χ4v) is 7.33. The molecule has 3 saturated heterocycles. The van der Waals surface area contributed by atoms with Crippen molar-refractivity contribution in [1.29, 1.82) is 0 Å². The SMILES string of the molecule is CC(C)C1(O)N2CCC(CC(O)CC(=O)O)OC2(c2ccc(F)cc2)C2(c3ccccc3)OC12C(=O)Nc1ccccc1. The molecule has 0 bridgehead atoms. The second kappa shape index (κ2) is 10.5. The lowest BCUT2D eigenvalue weighted by Crippen LogP contribution is -2.68. The maximum Gasteiger partial charge on any atom is 0.305 e. The number of carboxylic acid groups (broad SMARTS) is 1. The van der Waals surface area contributed by atoms with E-state index in [1.165, 1.54) is 12.1 Å². The lowest BCUT2D eigenvalue weighted by Gasteiger charge is -2.54. The highest BCUT2D eigenvalue weighted by Gasteiger charge is 2.99. The summed E-state index contributed by atoms with van der Waals surface area (Å²) >= 11 is 0. The van der Waals surface area contributed by atoms with Gasteiger partial charge >= 0.3 is 5.97 Å². The van der Waals surface area contributed by atoms with Crippen molar-refractivity contribution in [3.8, 4) is 0 Å². The molecule has 6 rings (SSSR count). The summed E-state index contributed by atoms with van der Waals surface area (Å²) in [6.07, 6.45) is -2.01. The number of morpholine rings is 1. The Kier molecular flexibility index (Phi) is 7.18. The number of carboxylic acids is 1. The highest BCUT2D eigenvalue weighted by atomic mass is 19.1. The number of aliphatic carboxylic acids is 1. The van der Waals surface area contributed by atoms with E-state index in [0.717, 1.165) is 0 Å². The molecule has 3 aliphatic rings. The molecule has 6 atom stereocenters. The van der Waals surface area contributed by atoms with Crippen LogP contribution in [0.4, 0.5) is 10.1 Å². The molecule has 226 valence electrons. The predicted octanol–water partition coefficient (Wildman–Crippen LogP) is 3.96. The summed E-state index contributed by atoms with van der Waals surface area (Å²) in [6, 6.07) is 23.6. The Balaban J connectivity index is 1.59. The monoisotopic (exact) mass is 590 g/mol. The van der Waals surface area contributed by atoms with Crippen molar-refractivity contribution in [2.45, 2.75) is 68.0 Å². The van der Waals surface area contributed by atoms with Crippen molar-refractivity contribution in [2.24, 2.45) is 5.92 Å². The van der Waals surface area contributed by atoms with Gasteiger partial charge in [-0.2, -0.15) is 0 Å². The van der Waals surface area contributed by atoms with Crippen LogP contribution in [0.1, 0.15) is 44.2 Å². The van der Waals surface area contributed by atoms with Gasteiger partial charge in [0.25, 0.3) is 5.91 Å². The minimum atomic E-state index is -1.92. The second-order valence-electron chi connectivity index (χ2n) is 11.8. The molecule has 3 heterocycles. The molecule has 1 amide bonds. The van der Waals surface area contributed by atoms with Gasteiger partial charge in [0, 0.05) is 24.2 Å². The number of hydrogen-bond donors (Lipinski definition) is 4. The number of epoxide rings is 1. The number of rotatable bonds is 9. The van der Waals surface area contributed by atoms with Gasteiger partial charge in [0.1, 0.15) is 5.82 Å². The Labute approximate surface area is 248 Å². The Bertz CT molecular complexity index is 1510. The number of carbonyl (C=O) groups excluding carboxylic acids is 1. The van der Waals surface area contributed by atoms with Gasteiger partial charge in [-0.05, 0) is 42.2 Å². The number of aliphatic hydroxyl groups is 2. The summed E-state index contributed by atoms with van der Waals surface area (Å²) in [5.41, 5.74) is -5.55. The van der Waals surface area contributed by atoms with Crippen LogP contribution in [-0.4, -0.2) is 62.2 Å². The number of hydrogen-bond acceptors (Lipinski definition) is 7. The van der Waals surface area contributed by atoms with Crippen molar-refractivity contribution in [3.05, 3.63) is 102 Å². The second-order valence-corrected chi connectivity index (χ2v) is 11.8. The van der Waals surface area contributed by atoms with Crippen LogP contribution in [0.5, 0.6) is 0 Å². The minimum Gasteiger partial charge on any atom is -0.481 e. The summed E-state index contributed by atoms with van der Waals surface area (Å²) in [6.45, 7) is 3.83. The molecule has 3 fully saturated rings. The Morgan fingerprint density at radius 3 is 2.23 bits per heavy atom. The van der Waals surface area contributed by atoms with Crippen molar-refractivity contribution in [1.82, 2.24) is 4.90 Å². The number of nitrogens with zero attached hydrogens (tertiary/aromatic N) is 1. The van der Waals surface area contributed by atoms with E-state index in [1.54, 1.807) is 79.4 Å². The molecular weight excluding hydrogens is 555 g/mol. The minimum absolute atomic E-state index is 0.00271. The van der Waals surface area contributed by atoms with Gasteiger partial charge in [-0.3, -0.25) is 9.59 Å². The molecular formula is C33H35FN2O7. The number of benzene rings is 3. The standard InChI is InChI=1S/C33H35FN2O7/c1-21(2)32(41)31(29(40)35-25-11-7-4-8-12-25)30(43-31,22-9-5-3-6-10-22)33(23-13-15-24(34)16-14-23)36(32)18-17-27(42-33)19-26(37)20-28(38)39/h3-16,21,26-27,37,41H,17-20H2,1-2H3,(H,35,40)(H,38,39). The molecule has 3 aromatic rings. The van der Waals surface area contributed by atoms with Crippen molar-refractivity contribution < 1.29 is 38.8 Å². The number of amides is 1. The van der Waals surface area contributed by atoms with E-state index < -0.39 is 64.9 Å². The summed E-state index contributed by atoms with van der Waals surface area (Å²) in [5, 5.41) is 35.7. The number of aliphatic hydroxyl groups excluding tert-OH is 1. The zero-order valence-corrected chi connectivity index (χ0v) is 23.9.